The van der Waals surface area contributed by atoms with Gasteiger partial charge in [0.05, 0.1) is 5.25 Å². The number of piperidine rings is 1. The molecule has 1 fully saturated rings. The van der Waals surface area contributed by atoms with E-state index >= 15 is 0 Å². The molecule has 7 heteroatoms. The first-order valence-electron chi connectivity index (χ1n) is 6.84. The lowest BCUT2D eigenvalue weighted by Crippen LogP contribution is -2.40. The van der Waals surface area contributed by atoms with Crippen LogP contribution in [0.3, 0.4) is 0 Å². The Balaban J connectivity index is 1.86. The minimum atomic E-state index is -0.103. The highest BCUT2D eigenvalue weighted by molar-refractivity contribution is 8.02. The van der Waals surface area contributed by atoms with Gasteiger partial charge in [-0.25, -0.2) is 0 Å². The molecular formula is C13H20N4OS2. The van der Waals surface area contributed by atoms with Crippen LogP contribution in [0.25, 0.3) is 0 Å². The Morgan fingerprint density at radius 3 is 2.95 bits per heavy atom. The molecule has 0 aromatic carbocycles. The minimum Gasteiger partial charge on any atom is -0.357 e. The molecule has 0 unspecified atom stereocenters. The van der Waals surface area contributed by atoms with E-state index in [4.69, 9.17) is 0 Å². The van der Waals surface area contributed by atoms with E-state index < -0.39 is 0 Å². The largest absolute Gasteiger partial charge is 0.357 e. The van der Waals surface area contributed by atoms with E-state index in [0.29, 0.717) is 6.54 Å². The quantitative estimate of drug-likeness (QED) is 0.646. The van der Waals surface area contributed by atoms with Crippen molar-refractivity contribution in [2.45, 2.75) is 35.8 Å². The Hall–Kier alpha value is -1.08. The van der Waals surface area contributed by atoms with Gasteiger partial charge in [-0.05, 0) is 26.2 Å². The molecule has 1 aromatic rings. The number of aromatic nitrogens is 2. The SMILES string of the molecule is C=CCNc1nnc(S[C@@H](C)C(=O)N2CCCCC2)s1. The van der Waals surface area contributed by atoms with Crippen molar-refractivity contribution < 1.29 is 4.79 Å². The first-order valence-corrected chi connectivity index (χ1v) is 8.54. The molecular weight excluding hydrogens is 292 g/mol. The molecule has 1 N–H and O–H groups in total. The minimum absolute atomic E-state index is 0.103. The summed E-state index contributed by atoms with van der Waals surface area (Å²) in [4.78, 5) is 14.3. The van der Waals surface area contributed by atoms with E-state index in [1.807, 2.05) is 11.8 Å². The number of nitrogens with one attached hydrogen (secondary N) is 1. The summed E-state index contributed by atoms with van der Waals surface area (Å²) in [5, 5.41) is 11.9. The fraction of sp³-hybridized carbons (Fsp3) is 0.615. The van der Waals surface area contributed by atoms with E-state index in [2.05, 4.69) is 22.1 Å². The van der Waals surface area contributed by atoms with Crippen LogP contribution in [-0.4, -0.2) is 45.9 Å². The van der Waals surface area contributed by atoms with Gasteiger partial charge in [-0.1, -0.05) is 29.2 Å². The summed E-state index contributed by atoms with van der Waals surface area (Å²) in [6.07, 6.45) is 5.26. The molecule has 20 heavy (non-hydrogen) atoms. The topological polar surface area (TPSA) is 58.1 Å². The average Bonchev–Trinajstić information content (AvgIpc) is 2.92. The third kappa shape index (κ3) is 4.21. The van der Waals surface area contributed by atoms with Gasteiger partial charge in [0.25, 0.3) is 0 Å². The molecule has 1 atom stereocenters. The second kappa shape index (κ2) is 7.64. The highest BCUT2D eigenvalue weighted by atomic mass is 32.2. The molecule has 1 aliphatic heterocycles. The number of likely N-dealkylation sites (tertiary alicyclic amines) is 1. The highest BCUT2D eigenvalue weighted by Crippen LogP contribution is 2.30. The molecule has 1 aliphatic rings. The van der Waals surface area contributed by atoms with Crippen LogP contribution in [0, 0.1) is 0 Å². The predicted octanol–water partition coefficient (Wildman–Crippen LogP) is 2.63. The van der Waals surface area contributed by atoms with Gasteiger partial charge >= 0.3 is 0 Å². The van der Waals surface area contributed by atoms with Crippen LogP contribution >= 0.6 is 23.1 Å². The fourth-order valence-corrected chi connectivity index (χ4v) is 4.05. The molecule has 0 radical (unpaired) electrons. The smallest absolute Gasteiger partial charge is 0.235 e. The van der Waals surface area contributed by atoms with E-state index in [-0.39, 0.29) is 11.2 Å². The molecule has 0 spiro atoms. The normalized spacial score (nSPS) is 16.8. The van der Waals surface area contributed by atoms with Gasteiger partial charge in [0.15, 0.2) is 4.34 Å². The number of amides is 1. The molecule has 2 heterocycles. The molecule has 1 amide bonds. The van der Waals surface area contributed by atoms with E-state index in [0.717, 1.165) is 35.4 Å². The summed E-state index contributed by atoms with van der Waals surface area (Å²) in [5.74, 6) is 0.213. The second-order valence-electron chi connectivity index (χ2n) is 4.69. The first kappa shape index (κ1) is 15.3. The molecule has 5 nitrogen and oxygen atoms in total. The number of carbonyl (C=O) groups is 1. The molecule has 0 bridgehead atoms. The van der Waals surface area contributed by atoms with Crippen LogP contribution in [0.2, 0.25) is 0 Å². The predicted molar refractivity (Wildman–Crippen MR) is 84.3 cm³/mol. The number of nitrogens with zero attached hydrogens (tertiary/aromatic N) is 3. The Bertz CT molecular complexity index is 457. The zero-order valence-corrected chi connectivity index (χ0v) is 13.3. The number of carbonyl (C=O) groups excluding carboxylic acids is 1. The first-order chi connectivity index (χ1) is 9.70. The van der Waals surface area contributed by atoms with Gasteiger partial charge in [0.2, 0.25) is 11.0 Å². The van der Waals surface area contributed by atoms with E-state index in [9.17, 15) is 4.79 Å². The standard InChI is InChI=1S/C13H20N4OS2/c1-3-7-14-12-15-16-13(20-12)19-10(2)11(18)17-8-5-4-6-9-17/h3,10H,1,4-9H2,2H3,(H,14,15)/t10-/m0/s1. The highest BCUT2D eigenvalue weighted by Gasteiger charge is 2.24. The van der Waals surface area contributed by atoms with Gasteiger partial charge in [0.1, 0.15) is 0 Å². The Kier molecular flexibility index (Phi) is 5.85. The average molecular weight is 312 g/mol. The van der Waals surface area contributed by atoms with Crippen molar-refractivity contribution in [3.05, 3.63) is 12.7 Å². The maximum Gasteiger partial charge on any atom is 0.235 e. The zero-order valence-electron chi connectivity index (χ0n) is 11.7. The summed E-state index contributed by atoms with van der Waals surface area (Å²) in [6.45, 7) is 8.05. The van der Waals surface area contributed by atoms with Gasteiger partial charge in [-0.2, -0.15) is 0 Å². The van der Waals surface area contributed by atoms with Crippen molar-refractivity contribution in [1.82, 2.24) is 15.1 Å². The van der Waals surface area contributed by atoms with E-state index in [1.165, 1.54) is 29.5 Å². The number of thioether (sulfide) groups is 1. The van der Waals surface area contributed by atoms with Crippen molar-refractivity contribution in [3.8, 4) is 0 Å². The van der Waals surface area contributed by atoms with Crippen molar-refractivity contribution in [2.75, 3.05) is 25.0 Å². The summed E-state index contributed by atoms with van der Waals surface area (Å²) < 4.78 is 0.828. The molecule has 110 valence electrons. The van der Waals surface area contributed by atoms with Gasteiger partial charge in [-0.3, -0.25) is 4.79 Å². The molecule has 0 saturated carbocycles. The van der Waals surface area contributed by atoms with Crippen molar-refractivity contribution in [2.24, 2.45) is 0 Å². The van der Waals surface area contributed by atoms with Crippen LogP contribution in [0.5, 0.6) is 0 Å². The maximum absolute atomic E-state index is 12.3. The number of rotatable bonds is 6. The van der Waals surface area contributed by atoms with Crippen LogP contribution in [0.1, 0.15) is 26.2 Å². The summed E-state index contributed by atoms with van der Waals surface area (Å²) in [6, 6.07) is 0. The third-order valence-corrected chi connectivity index (χ3v) is 5.15. The Morgan fingerprint density at radius 2 is 2.25 bits per heavy atom. The molecule has 1 aromatic heterocycles. The lowest BCUT2D eigenvalue weighted by atomic mass is 10.1. The summed E-state index contributed by atoms with van der Waals surface area (Å²) in [5.41, 5.74) is 0. The lowest BCUT2D eigenvalue weighted by Gasteiger charge is -2.28. The molecule has 2 rings (SSSR count). The van der Waals surface area contributed by atoms with Crippen LogP contribution in [0.4, 0.5) is 5.13 Å². The summed E-state index contributed by atoms with van der Waals surface area (Å²) >= 11 is 2.96. The monoisotopic (exact) mass is 312 g/mol. The van der Waals surface area contributed by atoms with Crippen LogP contribution < -0.4 is 5.32 Å². The molecule has 1 saturated heterocycles. The number of anilines is 1. The van der Waals surface area contributed by atoms with Crippen LogP contribution in [-0.2, 0) is 4.79 Å². The second-order valence-corrected chi connectivity index (χ2v) is 7.25. The van der Waals surface area contributed by atoms with Gasteiger partial charge < -0.3 is 10.2 Å². The lowest BCUT2D eigenvalue weighted by molar-refractivity contribution is -0.131. The molecule has 0 aliphatic carbocycles. The third-order valence-electron chi connectivity index (χ3n) is 3.10. The van der Waals surface area contributed by atoms with E-state index in [1.54, 1.807) is 6.08 Å². The Labute approximate surface area is 127 Å². The van der Waals surface area contributed by atoms with Crippen molar-refractivity contribution >= 4 is 34.1 Å². The summed E-state index contributed by atoms with van der Waals surface area (Å²) in [7, 11) is 0. The van der Waals surface area contributed by atoms with Crippen molar-refractivity contribution in [1.29, 1.82) is 0 Å². The maximum atomic E-state index is 12.3. The van der Waals surface area contributed by atoms with Gasteiger partial charge in [0, 0.05) is 19.6 Å². The van der Waals surface area contributed by atoms with Crippen molar-refractivity contribution in [3.63, 3.8) is 0 Å². The van der Waals surface area contributed by atoms with Gasteiger partial charge in [-0.15, -0.1) is 16.8 Å². The number of hydrogen-bond donors (Lipinski definition) is 1. The Morgan fingerprint density at radius 1 is 1.50 bits per heavy atom. The van der Waals surface area contributed by atoms with Crippen LogP contribution in [0.15, 0.2) is 17.0 Å². The number of hydrogen-bond acceptors (Lipinski definition) is 6. The fourth-order valence-electron chi connectivity index (χ4n) is 2.06. The zero-order chi connectivity index (χ0) is 14.4.